The molecule has 1 atom stereocenters. The van der Waals surface area contributed by atoms with Crippen molar-refractivity contribution in [2.45, 2.75) is 17.3 Å². The van der Waals surface area contributed by atoms with Crippen molar-refractivity contribution in [3.05, 3.63) is 53.8 Å². The molecular weight excluding hydrogens is 395 g/mol. The number of hydrogen-bond donors (Lipinski definition) is 1. The number of anilines is 1. The van der Waals surface area contributed by atoms with Crippen molar-refractivity contribution >= 4 is 23.4 Å². The molecule has 7 nitrogen and oxygen atoms in total. The first kappa shape index (κ1) is 19.7. The van der Waals surface area contributed by atoms with Crippen LogP contribution in [0, 0.1) is 17.5 Å². The van der Waals surface area contributed by atoms with Crippen LogP contribution in [0.2, 0.25) is 0 Å². The van der Waals surface area contributed by atoms with Crippen LogP contribution in [0.15, 0.2) is 41.6 Å². The van der Waals surface area contributed by atoms with Gasteiger partial charge in [-0.05, 0) is 53.7 Å². The molecule has 1 aromatic heterocycles. The molecule has 1 heterocycles. The predicted molar refractivity (Wildman–Crippen MR) is 96.0 cm³/mol. The van der Waals surface area contributed by atoms with E-state index in [-0.39, 0.29) is 0 Å². The molecule has 1 N–H and O–H groups in total. The molecule has 0 unspecified atom stereocenters. The Morgan fingerprint density at radius 2 is 1.86 bits per heavy atom. The third-order valence-electron chi connectivity index (χ3n) is 3.70. The summed E-state index contributed by atoms with van der Waals surface area (Å²) in [6.07, 6.45) is 0. The Hall–Kier alpha value is -3.08. The molecule has 28 heavy (non-hydrogen) atoms. The second-order valence-electron chi connectivity index (χ2n) is 5.54. The number of halogens is 3. The molecule has 3 aromatic rings. The quantitative estimate of drug-likeness (QED) is 0.497. The molecule has 146 valence electrons. The van der Waals surface area contributed by atoms with Crippen molar-refractivity contribution in [1.29, 1.82) is 0 Å². The highest BCUT2D eigenvalue weighted by molar-refractivity contribution is 8.00. The van der Waals surface area contributed by atoms with Crippen LogP contribution in [0.25, 0.3) is 5.69 Å². The summed E-state index contributed by atoms with van der Waals surface area (Å²) in [7, 11) is 1.55. The first-order valence-corrected chi connectivity index (χ1v) is 8.82. The Labute approximate surface area is 161 Å². The molecular formula is C17H14F3N5O2S. The SMILES string of the molecule is COc1ccc(-n2nnnc2S[C@H](C)C(=O)Nc2ccc(F)c(F)c2F)cc1. The molecule has 0 saturated heterocycles. The summed E-state index contributed by atoms with van der Waals surface area (Å²) in [4.78, 5) is 12.3. The summed E-state index contributed by atoms with van der Waals surface area (Å²) in [5.41, 5.74) is 0.193. The largest absolute Gasteiger partial charge is 0.497 e. The Balaban J connectivity index is 1.73. The number of ether oxygens (including phenoxy) is 1. The van der Waals surface area contributed by atoms with E-state index in [1.54, 1.807) is 38.3 Å². The lowest BCUT2D eigenvalue weighted by Crippen LogP contribution is -2.23. The maximum Gasteiger partial charge on any atom is 0.237 e. The van der Waals surface area contributed by atoms with Crippen molar-refractivity contribution in [3.63, 3.8) is 0 Å². The summed E-state index contributed by atoms with van der Waals surface area (Å²) < 4.78 is 46.5. The number of rotatable bonds is 6. The van der Waals surface area contributed by atoms with Gasteiger partial charge in [0.25, 0.3) is 0 Å². The second-order valence-corrected chi connectivity index (χ2v) is 6.85. The topological polar surface area (TPSA) is 81.9 Å². The lowest BCUT2D eigenvalue weighted by molar-refractivity contribution is -0.115. The fourth-order valence-electron chi connectivity index (χ4n) is 2.21. The summed E-state index contributed by atoms with van der Waals surface area (Å²) in [6.45, 7) is 1.55. The Morgan fingerprint density at radius 3 is 2.54 bits per heavy atom. The maximum absolute atomic E-state index is 13.7. The van der Waals surface area contributed by atoms with Gasteiger partial charge in [-0.1, -0.05) is 11.8 Å². The van der Waals surface area contributed by atoms with Gasteiger partial charge >= 0.3 is 0 Å². The summed E-state index contributed by atoms with van der Waals surface area (Å²) >= 11 is 1.02. The number of thioether (sulfide) groups is 1. The van der Waals surface area contributed by atoms with E-state index in [0.717, 1.165) is 23.9 Å². The van der Waals surface area contributed by atoms with E-state index in [0.29, 0.717) is 16.6 Å². The number of benzene rings is 2. The predicted octanol–water partition coefficient (Wildman–Crippen LogP) is 3.21. The van der Waals surface area contributed by atoms with E-state index in [2.05, 4.69) is 20.8 Å². The van der Waals surface area contributed by atoms with Crippen LogP contribution in [0.4, 0.5) is 18.9 Å². The molecule has 0 spiro atoms. The van der Waals surface area contributed by atoms with E-state index < -0.39 is 34.3 Å². The van der Waals surface area contributed by atoms with E-state index in [9.17, 15) is 18.0 Å². The standard InChI is InChI=1S/C17H14F3N5O2S/c1-9(16(26)21-13-8-7-12(18)14(19)15(13)20)28-17-22-23-24-25(17)10-3-5-11(27-2)6-4-10/h3-9H,1-2H3,(H,21,26)/t9-/m1/s1. The normalized spacial score (nSPS) is 11.9. The minimum atomic E-state index is -1.65. The highest BCUT2D eigenvalue weighted by Gasteiger charge is 2.22. The van der Waals surface area contributed by atoms with Gasteiger partial charge in [-0.25, -0.2) is 13.2 Å². The van der Waals surface area contributed by atoms with Gasteiger partial charge < -0.3 is 10.1 Å². The summed E-state index contributed by atoms with van der Waals surface area (Å²) in [5.74, 6) is -4.42. The van der Waals surface area contributed by atoms with Crippen LogP contribution in [0.3, 0.4) is 0 Å². The number of nitrogens with zero attached hydrogens (tertiary/aromatic N) is 4. The van der Waals surface area contributed by atoms with Gasteiger partial charge in [0.05, 0.1) is 23.7 Å². The third-order valence-corrected chi connectivity index (χ3v) is 4.74. The van der Waals surface area contributed by atoms with Crippen LogP contribution >= 0.6 is 11.8 Å². The lowest BCUT2D eigenvalue weighted by Gasteiger charge is -2.12. The molecule has 11 heteroatoms. The zero-order chi connectivity index (χ0) is 20.3. The summed E-state index contributed by atoms with van der Waals surface area (Å²) in [6, 6.07) is 8.61. The fraction of sp³-hybridized carbons (Fsp3) is 0.176. The first-order valence-electron chi connectivity index (χ1n) is 7.94. The Bertz CT molecular complexity index is 997. The molecule has 3 rings (SSSR count). The smallest absolute Gasteiger partial charge is 0.237 e. The number of nitrogens with one attached hydrogen (secondary N) is 1. The lowest BCUT2D eigenvalue weighted by atomic mass is 10.2. The molecule has 0 fully saturated rings. The van der Waals surface area contributed by atoms with Gasteiger partial charge in [0.1, 0.15) is 5.75 Å². The minimum Gasteiger partial charge on any atom is -0.497 e. The van der Waals surface area contributed by atoms with Gasteiger partial charge in [-0.3, -0.25) is 4.79 Å². The fourth-order valence-corrected chi connectivity index (χ4v) is 3.01. The molecule has 0 bridgehead atoms. The molecule has 1 amide bonds. The Kier molecular flexibility index (Phi) is 5.83. The zero-order valence-electron chi connectivity index (χ0n) is 14.7. The van der Waals surface area contributed by atoms with E-state index >= 15 is 0 Å². The average Bonchev–Trinajstić information content (AvgIpc) is 3.16. The van der Waals surface area contributed by atoms with Crippen molar-refractivity contribution in [2.75, 3.05) is 12.4 Å². The van der Waals surface area contributed by atoms with E-state index in [1.807, 2.05) is 0 Å². The number of carbonyl (C=O) groups excluding carboxylic acids is 1. The van der Waals surface area contributed by atoms with Crippen molar-refractivity contribution in [1.82, 2.24) is 20.2 Å². The number of aromatic nitrogens is 4. The van der Waals surface area contributed by atoms with Gasteiger partial charge in [-0.15, -0.1) is 5.10 Å². The van der Waals surface area contributed by atoms with E-state index in [4.69, 9.17) is 4.74 Å². The molecule has 0 radical (unpaired) electrons. The van der Waals surface area contributed by atoms with Crippen LogP contribution in [-0.2, 0) is 4.79 Å². The van der Waals surface area contributed by atoms with Crippen LogP contribution in [0.5, 0.6) is 5.75 Å². The van der Waals surface area contributed by atoms with E-state index in [1.165, 1.54) is 4.68 Å². The highest BCUT2D eigenvalue weighted by Crippen LogP contribution is 2.26. The molecule has 2 aromatic carbocycles. The summed E-state index contributed by atoms with van der Waals surface area (Å²) in [5, 5.41) is 13.2. The molecule has 0 aliphatic rings. The average molecular weight is 409 g/mol. The zero-order valence-corrected chi connectivity index (χ0v) is 15.5. The maximum atomic E-state index is 13.7. The monoisotopic (exact) mass is 409 g/mol. The van der Waals surface area contributed by atoms with Gasteiger partial charge in [-0.2, -0.15) is 4.68 Å². The van der Waals surface area contributed by atoms with Gasteiger partial charge in [0.2, 0.25) is 11.1 Å². The second kappa shape index (κ2) is 8.30. The third kappa shape index (κ3) is 4.09. The Morgan fingerprint density at radius 1 is 1.14 bits per heavy atom. The van der Waals surface area contributed by atoms with Crippen molar-refractivity contribution in [3.8, 4) is 11.4 Å². The number of carbonyl (C=O) groups is 1. The number of methoxy groups -OCH3 is 1. The number of amides is 1. The molecule has 0 aliphatic heterocycles. The molecule has 0 saturated carbocycles. The van der Waals surface area contributed by atoms with Crippen LogP contribution in [-0.4, -0.2) is 38.5 Å². The van der Waals surface area contributed by atoms with Gasteiger partial charge in [0.15, 0.2) is 17.5 Å². The number of tetrazole rings is 1. The van der Waals surface area contributed by atoms with Crippen molar-refractivity contribution in [2.24, 2.45) is 0 Å². The van der Waals surface area contributed by atoms with Crippen LogP contribution in [0.1, 0.15) is 6.92 Å². The molecule has 0 aliphatic carbocycles. The van der Waals surface area contributed by atoms with Crippen molar-refractivity contribution < 1.29 is 22.7 Å². The first-order chi connectivity index (χ1) is 13.4. The van der Waals surface area contributed by atoms with Crippen LogP contribution < -0.4 is 10.1 Å². The minimum absolute atomic E-state index is 0.318. The number of hydrogen-bond acceptors (Lipinski definition) is 6. The van der Waals surface area contributed by atoms with Gasteiger partial charge in [0, 0.05) is 0 Å². The highest BCUT2D eigenvalue weighted by atomic mass is 32.2.